The molecule has 4 heteroatoms. The minimum Gasteiger partial charge on any atom is -0.330 e. The van der Waals surface area contributed by atoms with E-state index < -0.39 is 0 Å². The van der Waals surface area contributed by atoms with E-state index in [-0.39, 0.29) is 0 Å². The Labute approximate surface area is 193 Å². The lowest BCUT2D eigenvalue weighted by molar-refractivity contribution is 0.0218. The highest BCUT2D eigenvalue weighted by molar-refractivity contribution is 4.93. The number of hydrogen-bond acceptors (Lipinski definition) is 4. The Bertz CT molecular complexity index is 480. The SMILES string of the molecule is CCCCN1CCN(C(CCN)C2CC(N)CCC2CC2CCC(C(C)C)CC2)CC1. The maximum absolute atomic E-state index is 6.55. The van der Waals surface area contributed by atoms with E-state index in [1.165, 1.54) is 96.9 Å². The molecule has 4 atom stereocenters. The third kappa shape index (κ3) is 7.42. The molecule has 1 heterocycles. The van der Waals surface area contributed by atoms with Crippen molar-refractivity contribution in [3.63, 3.8) is 0 Å². The zero-order valence-electron chi connectivity index (χ0n) is 21.1. The van der Waals surface area contributed by atoms with Crippen molar-refractivity contribution in [2.24, 2.45) is 41.1 Å². The third-order valence-electron chi connectivity index (χ3n) is 9.22. The van der Waals surface area contributed by atoms with Gasteiger partial charge in [0, 0.05) is 38.3 Å². The molecule has 2 aliphatic carbocycles. The minimum absolute atomic E-state index is 0.407. The molecule has 1 saturated heterocycles. The molecule has 31 heavy (non-hydrogen) atoms. The Hall–Kier alpha value is -0.160. The molecule has 3 fully saturated rings. The zero-order valence-corrected chi connectivity index (χ0v) is 21.1. The molecule has 3 rings (SSSR count). The number of rotatable bonds is 10. The number of hydrogen-bond donors (Lipinski definition) is 2. The molecular weight excluding hydrogens is 380 g/mol. The van der Waals surface area contributed by atoms with Crippen LogP contribution >= 0.6 is 0 Å². The standard InChI is InChI=1S/C27H54N4/c1-4-5-14-30-15-17-31(18-16-30)27(12-13-28)26-20-25(29)11-10-24(26)19-22-6-8-23(9-7-22)21(2)3/h21-27H,4-20,28-29H2,1-3H3. The van der Waals surface area contributed by atoms with E-state index in [1.54, 1.807) is 0 Å². The van der Waals surface area contributed by atoms with Crippen LogP contribution in [0.1, 0.15) is 91.4 Å². The fourth-order valence-corrected chi connectivity index (χ4v) is 7.12. The van der Waals surface area contributed by atoms with Crippen molar-refractivity contribution in [2.75, 3.05) is 39.3 Å². The molecule has 0 aromatic heterocycles. The minimum atomic E-state index is 0.407. The van der Waals surface area contributed by atoms with Crippen LogP contribution in [0.3, 0.4) is 0 Å². The van der Waals surface area contributed by atoms with Gasteiger partial charge in [0.15, 0.2) is 0 Å². The summed E-state index contributed by atoms with van der Waals surface area (Å²) in [7, 11) is 0. The van der Waals surface area contributed by atoms with Gasteiger partial charge >= 0.3 is 0 Å². The first-order chi connectivity index (χ1) is 15.0. The summed E-state index contributed by atoms with van der Waals surface area (Å²) >= 11 is 0. The van der Waals surface area contributed by atoms with Crippen LogP contribution in [0.5, 0.6) is 0 Å². The van der Waals surface area contributed by atoms with Gasteiger partial charge in [-0.1, -0.05) is 40.0 Å². The fraction of sp³-hybridized carbons (Fsp3) is 1.00. The number of unbranched alkanes of at least 4 members (excludes halogenated alkanes) is 1. The van der Waals surface area contributed by atoms with E-state index in [0.29, 0.717) is 12.1 Å². The second kappa shape index (κ2) is 12.9. The molecule has 0 spiro atoms. The van der Waals surface area contributed by atoms with Gasteiger partial charge in [-0.05, 0) is 94.0 Å². The quantitative estimate of drug-likeness (QED) is 0.522. The molecule has 2 saturated carbocycles. The first-order valence-electron chi connectivity index (χ1n) is 13.9. The summed E-state index contributed by atoms with van der Waals surface area (Å²) in [5, 5.41) is 0. The van der Waals surface area contributed by atoms with Crippen molar-refractivity contribution in [2.45, 2.75) is 103 Å². The van der Waals surface area contributed by atoms with E-state index in [1.807, 2.05) is 0 Å². The summed E-state index contributed by atoms with van der Waals surface area (Å²) < 4.78 is 0. The van der Waals surface area contributed by atoms with Crippen LogP contribution < -0.4 is 11.5 Å². The van der Waals surface area contributed by atoms with Crippen molar-refractivity contribution in [1.29, 1.82) is 0 Å². The Morgan fingerprint density at radius 1 is 0.935 bits per heavy atom. The van der Waals surface area contributed by atoms with Crippen LogP contribution in [0.2, 0.25) is 0 Å². The summed E-state index contributed by atoms with van der Waals surface area (Å²) in [4.78, 5) is 5.50. The maximum Gasteiger partial charge on any atom is 0.0140 e. The van der Waals surface area contributed by atoms with E-state index in [0.717, 1.165) is 42.6 Å². The van der Waals surface area contributed by atoms with Gasteiger partial charge in [0.05, 0.1) is 0 Å². The van der Waals surface area contributed by atoms with Crippen LogP contribution in [0.25, 0.3) is 0 Å². The Morgan fingerprint density at radius 2 is 1.65 bits per heavy atom. The van der Waals surface area contributed by atoms with Gasteiger partial charge in [-0.2, -0.15) is 0 Å². The molecule has 0 amide bonds. The van der Waals surface area contributed by atoms with Crippen molar-refractivity contribution < 1.29 is 0 Å². The maximum atomic E-state index is 6.55. The van der Waals surface area contributed by atoms with Crippen LogP contribution in [-0.4, -0.2) is 61.2 Å². The second-order valence-corrected chi connectivity index (χ2v) is 11.6. The van der Waals surface area contributed by atoms with Crippen LogP contribution in [-0.2, 0) is 0 Å². The summed E-state index contributed by atoms with van der Waals surface area (Å²) in [6, 6.07) is 1.06. The lowest BCUT2D eigenvalue weighted by atomic mass is 9.66. The molecule has 4 nitrogen and oxygen atoms in total. The Balaban J connectivity index is 1.59. The number of nitrogens with two attached hydrogens (primary N) is 2. The molecule has 0 bridgehead atoms. The van der Waals surface area contributed by atoms with Gasteiger partial charge in [0.2, 0.25) is 0 Å². The highest BCUT2D eigenvalue weighted by Crippen LogP contribution is 2.43. The van der Waals surface area contributed by atoms with E-state index in [9.17, 15) is 0 Å². The molecule has 182 valence electrons. The van der Waals surface area contributed by atoms with E-state index in [4.69, 9.17) is 11.5 Å². The molecule has 4 unspecified atom stereocenters. The predicted molar refractivity (Wildman–Crippen MR) is 134 cm³/mol. The van der Waals surface area contributed by atoms with Crippen LogP contribution in [0, 0.1) is 29.6 Å². The van der Waals surface area contributed by atoms with Gasteiger partial charge < -0.3 is 16.4 Å². The molecule has 4 N–H and O–H groups in total. The Morgan fingerprint density at radius 3 is 2.26 bits per heavy atom. The van der Waals surface area contributed by atoms with Crippen molar-refractivity contribution in [1.82, 2.24) is 9.80 Å². The van der Waals surface area contributed by atoms with Crippen LogP contribution in [0.4, 0.5) is 0 Å². The average Bonchev–Trinajstić information content (AvgIpc) is 2.78. The van der Waals surface area contributed by atoms with E-state index in [2.05, 4.69) is 30.6 Å². The summed E-state index contributed by atoms with van der Waals surface area (Å²) in [5.41, 5.74) is 12.7. The topological polar surface area (TPSA) is 58.5 Å². The van der Waals surface area contributed by atoms with Crippen molar-refractivity contribution >= 4 is 0 Å². The highest BCUT2D eigenvalue weighted by Gasteiger charge is 2.39. The van der Waals surface area contributed by atoms with Crippen molar-refractivity contribution in [3.8, 4) is 0 Å². The largest absolute Gasteiger partial charge is 0.330 e. The lowest BCUT2D eigenvalue weighted by Crippen LogP contribution is -2.55. The van der Waals surface area contributed by atoms with Gasteiger partial charge in [-0.3, -0.25) is 4.90 Å². The molecule has 0 aromatic carbocycles. The van der Waals surface area contributed by atoms with E-state index >= 15 is 0 Å². The number of nitrogens with zero attached hydrogens (tertiary/aromatic N) is 2. The summed E-state index contributed by atoms with van der Waals surface area (Å²) in [6.45, 7) is 14.2. The van der Waals surface area contributed by atoms with Gasteiger partial charge in [-0.25, -0.2) is 0 Å². The smallest absolute Gasteiger partial charge is 0.0140 e. The zero-order chi connectivity index (χ0) is 22.2. The van der Waals surface area contributed by atoms with Crippen LogP contribution in [0.15, 0.2) is 0 Å². The van der Waals surface area contributed by atoms with Gasteiger partial charge in [-0.15, -0.1) is 0 Å². The number of piperazine rings is 1. The molecule has 1 aliphatic heterocycles. The molecule has 3 aliphatic rings. The molecule has 0 aromatic rings. The Kier molecular flexibility index (Phi) is 10.6. The van der Waals surface area contributed by atoms with Gasteiger partial charge in [0.25, 0.3) is 0 Å². The highest BCUT2D eigenvalue weighted by atomic mass is 15.3. The summed E-state index contributed by atoms with van der Waals surface area (Å²) in [6.07, 6.45) is 14.9. The predicted octanol–water partition coefficient (Wildman–Crippen LogP) is 4.72. The first-order valence-corrected chi connectivity index (χ1v) is 13.9. The summed E-state index contributed by atoms with van der Waals surface area (Å²) in [5.74, 6) is 4.43. The fourth-order valence-electron chi connectivity index (χ4n) is 7.12. The average molecular weight is 435 g/mol. The first kappa shape index (κ1) is 25.5. The second-order valence-electron chi connectivity index (χ2n) is 11.6. The monoisotopic (exact) mass is 434 g/mol. The van der Waals surface area contributed by atoms with Gasteiger partial charge in [0.1, 0.15) is 0 Å². The lowest BCUT2D eigenvalue weighted by Gasteiger charge is -2.48. The molecule has 0 radical (unpaired) electrons. The normalized spacial score (nSPS) is 34.8. The molecular formula is C27H54N4. The van der Waals surface area contributed by atoms with Crippen molar-refractivity contribution in [3.05, 3.63) is 0 Å². The third-order valence-corrected chi connectivity index (χ3v) is 9.22.